The maximum Gasteiger partial charge on any atom is 0.268 e. The average Bonchev–Trinajstić information content (AvgIpc) is 2.95. The van der Waals surface area contributed by atoms with Crippen LogP contribution in [0.3, 0.4) is 0 Å². The van der Waals surface area contributed by atoms with Gasteiger partial charge in [0, 0.05) is 34.8 Å². The zero-order valence-corrected chi connectivity index (χ0v) is 17.9. The van der Waals surface area contributed by atoms with Crippen LogP contribution in [0.2, 0.25) is 10.0 Å². The fourth-order valence-corrected chi connectivity index (χ4v) is 4.99. The van der Waals surface area contributed by atoms with Crippen molar-refractivity contribution < 1.29 is 14.7 Å². The third kappa shape index (κ3) is 3.48. The summed E-state index contributed by atoms with van der Waals surface area (Å²) in [7, 11) is 0. The predicted octanol–water partition coefficient (Wildman–Crippen LogP) is 3.16. The number of piperidine rings is 1. The van der Waals surface area contributed by atoms with Gasteiger partial charge in [0.1, 0.15) is 0 Å². The van der Waals surface area contributed by atoms with Gasteiger partial charge in [-0.15, -0.1) is 0 Å². The van der Waals surface area contributed by atoms with Crippen LogP contribution in [-0.4, -0.2) is 48.0 Å². The molecule has 0 aromatic heterocycles. The first-order valence-corrected chi connectivity index (χ1v) is 10.7. The van der Waals surface area contributed by atoms with Gasteiger partial charge in [-0.3, -0.25) is 9.59 Å². The number of likely N-dealkylation sites (tertiary alicyclic amines) is 1. The van der Waals surface area contributed by atoms with Crippen LogP contribution in [0.15, 0.2) is 36.4 Å². The minimum atomic E-state index is -2.04. The van der Waals surface area contributed by atoms with Crippen molar-refractivity contribution in [3.63, 3.8) is 0 Å². The van der Waals surface area contributed by atoms with Gasteiger partial charge in [0.2, 0.25) is 5.91 Å². The van der Waals surface area contributed by atoms with E-state index in [1.54, 1.807) is 24.3 Å². The van der Waals surface area contributed by atoms with E-state index in [4.69, 9.17) is 28.9 Å². The van der Waals surface area contributed by atoms with Crippen molar-refractivity contribution in [2.45, 2.75) is 24.9 Å². The molecule has 1 atom stereocenters. The van der Waals surface area contributed by atoms with E-state index in [1.165, 1.54) is 23.5 Å². The number of hydrogen-bond acceptors (Lipinski definition) is 4. The second kappa shape index (κ2) is 8.19. The van der Waals surface area contributed by atoms with E-state index in [0.717, 1.165) is 25.9 Å². The standard InChI is InChI=1S/C22H23Cl2N3O3/c23-16-7-3-2-6-15(16)22(30)19-17(24)12-14(20(25)28)13-18(19)27(21(22)29)11-10-26-8-4-1-5-9-26/h2-3,6-7,12-13,30H,1,4-5,8-11H2,(H2,25,28). The van der Waals surface area contributed by atoms with Gasteiger partial charge in [-0.05, 0) is 44.1 Å². The van der Waals surface area contributed by atoms with E-state index >= 15 is 0 Å². The Kier molecular flexibility index (Phi) is 5.77. The molecule has 8 heteroatoms. The molecule has 4 rings (SSSR count). The Bertz CT molecular complexity index is 1010. The first kappa shape index (κ1) is 21.1. The summed E-state index contributed by atoms with van der Waals surface area (Å²) in [6.07, 6.45) is 3.48. The van der Waals surface area contributed by atoms with Gasteiger partial charge in [0.15, 0.2) is 5.60 Å². The summed E-state index contributed by atoms with van der Waals surface area (Å²) in [5, 5.41) is 12.0. The summed E-state index contributed by atoms with van der Waals surface area (Å²) in [4.78, 5) is 29.2. The Morgan fingerprint density at radius 2 is 1.77 bits per heavy atom. The molecule has 0 radical (unpaired) electrons. The molecule has 158 valence electrons. The van der Waals surface area contributed by atoms with Gasteiger partial charge >= 0.3 is 0 Å². The topological polar surface area (TPSA) is 86.9 Å². The van der Waals surface area contributed by atoms with E-state index in [2.05, 4.69) is 4.90 Å². The van der Waals surface area contributed by atoms with Crippen molar-refractivity contribution in [3.05, 3.63) is 63.1 Å². The van der Waals surface area contributed by atoms with Crippen LogP contribution in [-0.2, 0) is 10.4 Å². The summed E-state index contributed by atoms with van der Waals surface area (Å²) >= 11 is 12.8. The molecule has 2 heterocycles. The number of aliphatic hydroxyl groups is 1. The van der Waals surface area contributed by atoms with Crippen molar-refractivity contribution >= 4 is 40.7 Å². The Morgan fingerprint density at radius 1 is 1.07 bits per heavy atom. The minimum Gasteiger partial charge on any atom is -0.372 e. The second-order valence-corrected chi connectivity index (χ2v) is 8.58. The highest BCUT2D eigenvalue weighted by Gasteiger charge is 2.53. The number of carbonyl (C=O) groups excluding carboxylic acids is 2. The summed E-state index contributed by atoms with van der Waals surface area (Å²) in [6.45, 7) is 2.97. The molecule has 0 bridgehead atoms. The number of nitrogens with two attached hydrogens (primary N) is 1. The number of primary amides is 1. The molecule has 1 fully saturated rings. The number of carbonyl (C=O) groups is 2. The first-order valence-electron chi connectivity index (χ1n) is 9.99. The highest BCUT2D eigenvalue weighted by atomic mass is 35.5. The predicted molar refractivity (Wildman–Crippen MR) is 117 cm³/mol. The Labute approximate surface area is 185 Å². The number of anilines is 1. The van der Waals surface area contributed by atoms with E-state index in [1.807, 2.05) is 0 Å². The number of amides is 2. The zero-order valence-electron chi connectivity index (χ0n) is 16.4. The maximum absolute atomic E-state index is 13.6. The SMILES string of the molecule is NC(=O)c1cc(Cl)c2c(c1)N(CCN1CCCCC1)C(=O)C2(O)c1ccccc1Cl. The molecule has 2 amide bonds. The number of nitrogens with zero attached hydrogens (tertiary/aromatic N) is 2. The molecule has 2 aliphatic rings. The average molecular weight is 448 g/mol. The molecular formula is C22H23Cl2N3O3. The first-order chi connectivity index (χ1) is 14.3. The normalized spacial score (nSPS) is 21.7. The summed E-state index contributed by atoms with van der Waals surface area (Å²) in [5.41, 5.74) is 4.47. The number of halogens is 2. The van der Waals surface area contributed by atoms with Crippen molar-refractivity contribution in [3.8, 4) is 0 Å². The molecule has 1 saturated heterocycles. The maximum atomic E-state index is 13.6. The fraction of sp³-hybridized carbons (Fsp3) is 0.364. The zero-order chi connectivity index (χ0) is 21.5. The quantitative estimate of drug-likeness (QED) is 0.736. The van der Waals surface area contributed by atoms with Gasteiger partial charge in [-0.1, -0.05) is 47.8 Å². The van der Waals surface area contributed by atoms with Crippen LogP contribution >= 0.6 is 23.2 Å². The van der Waals surface area contributed by atoms with Crippen molar-refractivity contribution in [2.24, 2.45) is 5.73 Å². The molecule has 6 nitrogen and oxygen atoms in total. The smallest absolute Gasteiger partial charge is 0.268 e. The van der Waals surface area contributed by atoms with Crippen molar-refractivity contribution in [2.75, 3.05) is 31.1 Å². The fourth-order valence-electron chi connectivity index (χ4n) is 4.37. The van der Waals surface area contributed by atoms with Gasteiger partial charge in [-0.25, -0.2) is 0 Å². The minimum absolute atomic E-state index is 0.0949. The molecule has 30 heavy (non-hydrogen) atoms. The van der Waals surface area contributed by atoms with E-state index in [0.29, 0.717) is 18.8 Å². The number of rotatable bonds is 5. The molecule has 0 spiro atoms. The van der Waals surface area contributed by atoms with Crippen LogP contribution in [0.4, 0.5) is 5.69 Å². The van der Waals surface area contributed by atoms with Gasteiger partial charge in [0.05, 0.1) is 10.7 Å². The van der Waals surface area contributed by atoms with Crippen LogP contribution in [0.5, 0.6) is 0 Å². The second-order valence-electron chi connectivity index (χ2n) is 7.77. The Balaban J connectivity index is 1.80. The van der Waals surface area contributed by atoms with E-state index in [9.17, 15) is 14.7 Å². The van der Waals surface area contributed by atoms with E-state index in [-0.39, 0.29) is 26.7 Å². The van der Waals surface area contributed by atoms with Crippen molar-refractivity contribution in [1.29, 1.82) is 0 Å². The summed E-state index contributed by atoms with van der Waals surface area (Å²) < 4.78 is 0. The highest BCUT2D eigenvalue weighted by molar-refractivity contribution is 6.35. The molecule has 2 aromatic rings. The van der Waals surface area contributed by atoms with E-state index < -0.39 is 17.4 Å². The van der Waals surface area contributed by atoms with Crippen LogP contribution < -0.4 is 10.6 Å². The third-order valence-corrected chi connectivity index (χ3v) is 6.54. The Morgan fingerprint density at radius 3 is 2.43 bits per heavy atom. The monoisotopic (exact) mass is 447 g/mol. The lowest BCUT2D eigenvalue weighted by molar-refractivity contribution is -0.132. The van der Waals surface area contributed by atoms with Crippen LogP contribution in [0, 0.1) is 0 Å². The lowest BCUT2D eigenvalue weighted by Gasteiger charge is -2.29. The Hall–Kier alpha value is -2.12. The molecule has 3 N–H and O–H groups in total. The summed E-state index contributed by atoms with van der Waals surface area (Å²) in [6, 6.07) is 9.55. The molecule has 2 aromatic carbocycles. The van der Waals surface area contributed by atoms with Crippen molar-refractivity contribution in [1.82, 2.24) is 4.90 Å². The molecule has 0 aliphatic carbocycles. The molecule has 1 unspecified atom stereocenters. The summed E-state index contributed by atoms with van der Waals surface area (Å²) in [5.74, 6) is -1.19. The van der Waals surface area contributed by atoms with Gasteiger partial charge < -0.3 is 20.6 Å². The van der Waals surface area contributed by atoms with Gasteiger partial charge in [-0.2, -0.15) is 0 Å². The molecule has 2 aliphatic heterocycles. The largest absolute Gasteiger partial charge is 0.372 e. The lowest BCUT2D eigenvalue weighted by Crippen LogP contribution is -2.45. The third-order valence-electron chi connectivity index (χ3n) is 5.91. The van der Waals surface area contributed by atoms with Gasteiger partial charge in [0.25, 0.3) is 5.91 Å². The number of hydrogen-bond donors (Lipinski definition) is 2. The number of benzene rings is 2. The molecular weight excluding hydrogens is 425 g/mol. The molecule has 0 saturated carbocycles. The highest BCUT2D eigenvalue weighted by Crippen LogP contribution is 2.49. The van der Waals surface area contributed by atoms with Crippen LogP contribution in [0.1, 0.15) is 40.7 Å². The lowest BCUT2D eigenvalue weighted by atomic mass is 9.87. The van der Waals surface area contributed by atoms with Crippen LogP contribution in [0.25, 0.3) is 0 Å². The number of fused-ring (bicyclic) bond motifs is 1.